The van der Waals surface area contributed by atoms with Gasteiger partial charge in [-0.25, -0.2) is 36.3 Å². The second-order valence-corrected chi connectivity index (χ2v) is 27.6. The molecule has 0 amide bonds. The fourth-order valence-electron chi connectivity index (χ4n) is 14.9. The number of benzene rings is 10. The summed E-state index contributed by atoms with van der Waals surface area (Å²) >= 11 is 0. The van der Waals surface area contributed by atoms with Gasteiger partial charge in [0.2, 0.25) is 28.5 Å². The van der Waals surface area contributed by atoms with Crippen LogP contribution in [0, 0.1) is 51.7 Å². The van der Waals surface area contributed by atoms with Gasteiger partial charge in [-0.2, -0.15) is 0 Å². The Kier molecular flexibility index (Phi) is 18.6. The molecule has 0 saturated carbocycles. The normalized spacial score (nSPS) is 11.4. The topological polar surface area (TPSA) is 72.4 Å². The van der Waals surface area contributed by atoms with E-state index in [9.17, 15) is 13.2 Å². The van der Waals surface area contributed by atoms with Crippen molar-refractivity contribution < 1.29 is 49.1 Å². The molecule has 0 N–H and O–H groups in total. The maximum atomic E-state index is 14.9. The van der Waals surface area contributed by atoms with Gasteiger partial charge in [-0.3, -0.25) is 0 Å². The Morgan fingerprint density at radius 1 is 0.340 bits per heavy atom. The Labute approximate surface area is 613 Å². The van der Waals surface area contributed by atoms with Crippen molar-refractivity contribution in [2.24, 2.45) is 28.2 Å². The third kappa shape index (κ3) is 12.8. The summed E-state index contributed by atoms with van der Waals surface area (Å²) in [7, 11) is 8.13. The zero-order chi connectivity index (χ0) is 73.8. The highest BCUT2D eigenvalue weighted by atomic mass is 19.1. The van der Waals surface area contributed by atoms with E-state index in [2.05, 4.69) is 137 Å². The van der Waals surface area contributed by atoms with Crippen LogP contribution in [0.2, 0.25) is 0 Å². The van der Waals surface area contributed by atoms with Crippen LogP contribution in [0.4, 0.5) is 18.9 Å². The van der Waals surface area contributed by atoms with Gasteiger partial charge in [0.25, 0.3) is 0 Å². The molecule has 0 radical (unpaired) electrons. The average Bonchev–Trinajstić information content (AvgIpc) is 1.62. The quantitative estimate of drug-likeness (QED) is 0.112. The maximum absolute atomic E-state index is 14.9. The van der Waals surface area contributed by atoms with Crippen LogP contribution in [0.5, 0.6) is 0 Å². The first-order valence-electron chi connectivity index (χ1n) is 35.6. The SMILES string of the molecule is Cc1cc2c(cc1-c1cccc[n+]1C)oc1c(C(C)C)c(F)ccc12.Cc1cc2c(cc1-c1cccc[n+]1C)oc1cc(-c3ccccc3)c(F)cc12.Cc1cc2c(cc1-c1cccc[n+]1C)oc1cc(F)c(-c3ccccc3)cc12.[C-]#[N+]c1c(CC)ccc2c1oc1cc(-c3cccc[n+]3C)c(C)cc12. The van der Waals surface area contributed by atoms with Crippen molar-refractivity contribution in [1.82, 2.24) is 0 Å². The minimum absolute atomic E-state index is 0.0664. The lowest BCUT2D eigenvalue weighted by Crippen LogP contribution is -2.30. The lowest BCUT2D eigenvalue weighted by atomic mass is 9.98. The summed E-state index contributed by atoms with van der Waals surface area (Å²) < 4.78 is 76.8. The highest BCUT2D eigenvalue weighted by molar-refractivity contribution is 6.12. The van der Waals surface area contributed by atoms with Gasteiger partial charge < -0.3 is 17.7 Å². The molecular formula is C94H78F3N5O4+4. The number of aryl methyl sites for hydroxylation is 9. The Balaban J connectivity index is 0.000000113. The van der Waals surface area contributed by atoms with Crippen LogP contribution in [0.1, 0.15) is 60.1 Å². The standard InChI is InChI=1S/2C25H19FNO.C22H21FNO.C22H19N2O/c1-16-12-20-21-13-22(26)19(17-8-4-3-5-9-17)15-25(21)28-24(20)14-18(16)23-10-6-7-11-27(23)2;1-16-12-20-21-13-19(17-8-4-3-5-9-17)22(26)15-25(21)28-24(20)14-18(16)23-10-6-7-11-27(23)2;1-13(2)21-18(23)9-8-15-17-11-14(3)16(12-20(17)25-22(15)21)19-7-5-6-10-24(19)4;1-5-15-9-10-16-18-12-14(2)17(19-8-6-7-11-24(19)4)13-20(18)25-22(16)21(15)23-3/h2*3-15H,1-2H3;5-13H,1-4H3;6-13H,5H2,1-2,4H3/q4*+1. The van der Waals surface area contributed by atoms with E-state index in [1.807, 2.05) is 194 Å². The summed E-state index contributed by atoms with van der Waals surface area (Å²) in [5.41, 5.74) is 24.6. The van der Waals surface area contributed by atoms with E-state index in [0.717, 1.165) is 145 Å². The zero-order valence-corrected chi connectivity index (χ0v) is 61.0. The number of nitrogens with zero attached hydrogens (tertiary/aromatic N) is 5. The summed E-state index contributed by atoms with van der Waals surface area (Å²) in [4.78, 5) is 3.73. The lowest BCUT2D eigenvalue weighted by Gasteiger charge is -2.06. The predicted octanol–water partition coefficient (Wildman–Crippen LogP) is 23.5. The van der Waals surface area contributed by atoms with Gasteiger partial charge in [0.1, 0.15) is 90.3 Å². The number of rotatable bonds is 8. The number of fused-ring (bicyclic) bond motifs is 12. The molecule has 0 bridgehead atoms. The molecule has 8 aromatic heterocycles. The molecule has 18 rings (SSSR count). The van der Waals surface area contributed by atoms with Crippen LogP contribution in [0.15, 0.2) is 273 Å². The fourth-order valence-corrected chi connectivity index (χ4v) is 14.9. The van der Waals surface area contributed by atoms with Gasteiger partial charge in [0.05, 0.1) is 28.8 Å². The highest BCUT2D eigenvalue weighted by Gasteiger charge is 2.25. The first-order valence-corrected chi connectivity index (χ1v) is 35.6. The van der Waals surface area contributed by atoms with E-state index in [1.54, 1.807) is 18.2 Å². The molecule has 0 fully saturated rings. The van der Waals surface area contributed by atoms with Crippen molar-refractivity contribution in [3.8, 4) is 67.3 Å². The smallest absolute Gasteiger partial charge is 0.232 e. The molecule has 10 aromatic carbocycles. The van der Waals surface area contributed by atoms with Crippen molar-refractivity contribution in [3.05, 3.63) is 318 Å². The van der Waals surface area contributed by atoms with Crippen LogP contribution in [-0.2, 0) is 34.6 Å². The lowest BCUT2D eigenvalue weighted by molar-refractivity contribution is -0.660. The number of hydrogen-bond donors (Lipinski definition) is 0. The summed E-state index contributed by atoms with van der Waals surface area (Å²) in [6.07, 6.45) is 8.96. The van der Waals surface area contributed by atoms with Gasteiger partial charge in [-0.1, -0.05) is 93.6 Å². The molecular weight excluding hydrogens is 1320 g/mol. The van der Waals surface area contributed by atoms with E-state index in [0.29, 0.717) is 44.7 Å². The van der Waals surface area contributed by atoms with Crippen molar-refractivity contribution in [1.29, 1.82) is 0 Å². The third-order valence-corrected chi connectivity index (χ3v) is 20.4. The molecule has 0 atom stereocenters. The Morgan fingerprint density at radius 2 is 0.670 bits per heavy atom. The molecule has 8 heterocycles. The monoisotopic (exact) mass is 1400 g/mol. The van der Waals surface area contributed by atoms with Gasteiger partial charge in [0, 0.05) is 114 Å². The molecule has 0 spiro atoms. The first kappa shape index (κ1) is 69.0. The third-order valence-electron chi connectivity index (χ3n) is 20.4. The van der Waals surface area contributed by atoms with Gasteiger partial charge in [-0.15, -0.1) is 0 Å². The van der Waals surface area contributed by atoms with E-state index in [1.165, 1.54) is 17.2 Å². The van der Waals surface area contributed by atoms with E-state index >= 15 is 0 Å². The van der Waals surface area contributed by atoms with E-state index in [-0.39, 0.29) is 23.4 Å². The highest BCUT2D eigenvalue weighted by Crippen LogP contribution is 2.43. The largest absolute Gasteiger partial charge is 0.467 e. The fraction of sp³-hybridized carbons (Fsp3) is 0.138. The van der Waals surface area contributed by atoms with Crippen molar-refractivity contribution in [2.45, 2.75) is 60.8 Å². The van der Waals surface area contributed by atoms with E-state index in [4.69, 9.17) is 24.2 Å². The van der Waals surface area contributed by atoms with Gasteiger partial charge in [-0.05, 0) is 182 Å². The molecule has 520 valence electrons. The second kappa shape index (κ2) is 28.5. The second-order valence-electron chi connectivity index (χ2n) is 27.6. The predicted molar refractivity (Wildman–Crippen MR) is 421 cm³/mol. The maximum Gasteiger partial charge on any atom is 0.232 e. The van der Waals surface area contributed by atoms with Crippen molar-refractivity contribution in [3.63, 3.8) is 0 Å². The Bertz CT molecular complexity index is 6460. The number of hydrogen-bond acceptors (Lipinski definition) is 4. The first-order chi connectivity index (χ1) is 51.3. The number of halogens is 3. The molecule has 18 aromatic rings. The Morgan fingerprint density at radius 3 is 1.08 bits per heavy atom. The number of pyridine rings is 4. The molecule has 0 unspecified atom stereocenters. The molecule has 0 aliphatic rings. The van der Waals surface area contributed by atoms with Crippen LogP contribution in [-0.4, -0.2) is 0 Å². The van der Waals surface area contributed by atoms with E-state index < -0.39 is 0 Å². The van der Waals surface area contributed by atoms with Crippen LogP contribution in [0.25, 0.3) is 160 Å². The number of furan rings is 4. The molecule has 106 heavy (non-hydrogen) atoms. The summed E-state index contributed by atoms with van der Waals surface area (Å²) in [5, 5.41) is 7.79. The Hall–Kier alpha value is -12.7. The molecule has 9 nitrogen and oxygen atoms in total. The molecule has 0 aliphatic heterocycles. The summed E-state index contributed by atoms with van der Waals surface area (Å²) in [5.74, 6) is -0.647. The van der Waals surface area contributed by atoms with Crippen LogP contribution >= 0.6 is 0 Å². The van der Waals surface area contributed by atoms with Crippen molar-refractivity contribution in [2.75, 3.05) is 0 Å². The van der Waals surface area contributed by atoms with Crippen molar-refractivity contribution >= 4 is 93.4 Å². The summed E-state index contributed by atoms with van der Waals surface area (Å²) in [6.45, 7) is 22.0. The minimum Gasteiger partial charge on any atom is -0.467 e. The molecule has 12 heteroatoms. The van der Waals surface area contributed by atoms with Gasteiger partial charge in [0.15, 0.2) is 24.8 Å². The van der Waals surface area contributed by atoms with Crippen LogP contribution < -0.4 is 18.3 Å². The number of aromatic nitrogens is 4. The average molecular weight is 1400 g/mol. The zero-order valence-electron chi connectivity index (χ0n) is 61.0. The van der Waals surface area contributed by atoms with Gasteiger partial charge >= 0.3 is 0 Å². The molecule has 0 aliphatic carbocycles. The minimum atomic E-state index is -0.274. The van der Waals surface area contributed by atoms with Crippen LogP contribution in [0.3, 0.4) is 0 Å². The molecule has 0 saturated heterocycles. The summed E-state index contributed by atoms with van der Waals surface area (Å²) in [6, 6.07) is 74.8.